The third-order valence-corrected chi connectivity index (χ3v) is 5.26. The van der Waals surface area contributed by atoms with Crippen molar-refractivity contribution in [2.24, 2.45) is 0 Å². The SMILES string of the molecule is COc1ccc(-c2nsc(SCC(=O)Nc3cccc(Cl)c3)n2)cc1. The van der Waals surface area contributed by atoms with Crippen molar-refractivity contribution in [2.75, 3.05) is 18.2 Å². The molecule has 0 bridgehead atoms. The van der Waals surface area contributed by atoms with Crippen molar-refractivity contribution in [3.63, 3.8) is 0 Å². The van der Waals surface area contributed by atoms with Crippen LogP contribution < -0.4 is 10.1 Å². The molecule has 25 heavy (non-hydrogen) atoms. The summed E-state index contributed by atoms with van der Waals surface area (Å²) in [6, 6.07) is 14.6. The monoisotopic (exact) mass is 391 g/mol. The van der Waals surface area contributed by atoms with Crippen molar-refractivity contribution in [1.29, 1.82) is 0 Å². The summed E-state index contributed by atoms with van der Waals surface area (Å²) in [6.45, 7) is 0. The molecule has 0 atom stereocenters. The van der Waals surface area contributed by atoms with E-state index in [1.807, 2.05) is 24.3 Å². The van der Waals surface area contributed by atoms with E-state index in [0.717, 1.165) is 15.7 Å². The number of rotatable bonds is 6. The maximum atomic E-state index is 12.0. The number of carbonyl (C=O) groups excluding carboxylic acids is 1. The number of thioether (sulfide) groups is 1. The first-order chi connectivity index (χ1) is 12.1. The van der Waals surface area contributed by atoms with Crippen molar-refractivity contribution in [2.45, 2.75) is 4.34 Å². The Bertz CT molecular complexity index is 868. The van der Waals surface area contributed by atoms with Gasteiger partial charge in [-0.05, 0) is 54.0 Å². The molecule has 0 saturated carbocycles. The van der Waals surface area contributed by atoms with Gasteiger partial charge in [-0.3, -0.25) is 4.79 Å². The van der Waals surface area contributed by atoms with Crippen LogP contribution in [0.3, 0.4) is 0 Å². The molecule has 0 radical (unpaired) electrons. The molecule has 0 aliphatic carbocycles. The van der Waals surface area contributed by atoms with Gasteiger partial charge in [0.15, 0.2) is 10.2 Å². The lowest BCUT2D eigenvalue weighted by molar-refractivity contribution is -0.113. The second kappa shape index (κ2) is 8.33. The molecule has 8 heteroatoms. The number of nitrogens with one attached hydrogen (secondary N) is 1. The molecule has 0 aliphatic heterocycles. The third-order valence-electron chi connectivity index (χ3n) is 3.19. The van der Waals surface area contributed by atoms with Crippen LogP contribution in [0.2, 0.25) is 5.02 Å². The van der Waals surface area contributed by atoms with E-state index in [4.69, 9.17) is 16.3 Å². The highest BCUT2D eigenvalue weighted by molar-refractivity contribution is 8.01. The maximum Gasteiger partial charge on any atom is 0.234 e. The largest absolute Gasteiger partial charge is 0.497 e. The molecular weight excluding hydrogens is 378 g/mol. The number of carbonyl (C=O) groups is 1. The Hall–Kier alpha value is -2.09. The van der Waals surface area contributed by atoms with Crippen LogP contribution in [0.25, 0.3) is 11.4 Å². The highest BCUT2D eigenvalue weighted by atomic mass is 35.5. The maximum absolute atomic E-state index is 12.0. The molecule has 5 nitrogen and oxygen atoms in total. The number of anilines is 1. The molecule has 2 aromatic carbocycles. The first-order valence-electron chi connectivity index (χ1n) is 7.30. The van der Waals surface area contributed by atoms with Crippen molar-refractivity contribution in [3.05, 3.63) is 53.6 Å². The van der Waals surface area contributed by atoms with Gasteiger partial charge in [-0.2, -0.15) is 4.37 Å². The fourth-order valence-electron chi connectivity index (χ4n) is 2.02. The van der Waals surface area contributed by atoms with Crippen LogP contribution in [0.4, 0.5) is 5.69 Å². The van der Waals surface area contributed by atoms with Crippen LogP contribution in [0.1, 0.15) is 0 Å². The topological polar surface area (TPSA) is 64.1 Å². The van der Waals surface area contributed by atoms with Gasteiger partial charge < -0.3 is 10.1 Å². The van der Waals surface area contributed by atoms with E-state index in [-0.39, 0.29) is 11.7 Å². The standard InChI is InChI=1S/C17H14ClN3O2S2/c1-23-14-7-5-11(6-8-14)16-20-17(25-21-16)24-10-15(22)19-13-4-2-3-12(18)9-13/h2-9H,10H2,1H3,(H,19,22). The minimum Gasteiger partial charge on any atom is -0.497 e. The highest BCUT2D eigenvalue weighted by Gasteiger charge is 2.10. The minimum absolute atomic E-state index is 0.117. The zero-order chi connectivity index (χ0) is 17.6. The Kier molecular flexibility index (Phi) is 5.91. The lowest BCUT2D eigenvalue weighted by Gasteiger charge is -2.04. The van der Waals surface area contributed by atoms with Crippen molar-refractivity contribution in [3.8, 4) is 17.1 Å². The predicted molar refractivity (Wildman–Crippen MR) is 103 cm³/mol. The van der Waals surface area contributed by atoms with E-state index in [0.29, 0.717) is 16.5 Å². The number of ether oxygens (including phenoxy) is 1. The summed E-state index contributed by atoms with van der Waals surface area (Å²) in [7, 11) is 1.62. The van der Waals surface area contributed by atoms with Crippen LogP contribution in [0.5, 0.6) is 5.75 Å². The Morgan fingerprint density at radius 1 is 1.28 bits per heavy atom. The van der Waals surface area contributed by atoms with Gasteiger partial charge in [-0.25, -0.2) is 4.98 Å². The number of methoxy groups -OCH3 is 1. The van der Waals surface area contributed by atoms with Crippen LogP contribution in [0.15, 0.2) is 52.9 Å². The molecule has 1 N–H and O–H groups in total. The van der Waals surface area contributed by atoms with Crippen molar-refractivity contribution < 1.29 is 9.53 Å². The van der Waals surface area contributed by atoms with Gasteiger partial charge in [0.05, 0.1) is 12.9 Å². The minimum atomic E-state index is -0.117. The van der Waals surface area contributed by atoms with Crippen LogP contribution in [-0.4, -0.2) is 28.1 Å². The number of halogens is 1. The fraction of sp³-hybridized carbons (Fsp3) is 0.118. The van der Waals surface area contributed by atoms with Crippen molar-refractivity contribution >= 4 is 46.5 Å². The normalized spacial score (nSPS) is 10.5. The first kappa shape index (κ1) is 17.7. The van der Waals surface area contributed by atoms with E-state index in [9.17, 15) is 4.79 Å². The van der Waals surface area contributed by atoms with E-state index in [1.54, 1.807) is 31.4 Å². The van der Waals surface area contributed by atoms with Gasteiger partial charge in [0.25, 0.3) is 0 Å². The third kappa shape index (κ3) is 4.94. The Morgan fingerprint density at radius 3 is 2.80 bits per heavy atom. The second-order valence-electron chi connectivity index (χ2n) is 4.96. The smallest absolute Gasteiger partial charge is 0.234 e. The number of aromatic nitrogens is 2. The molecule has 3 rings (SSSR count). The molecule has 0 unspecified atom stereocenters. The lowest BCUT2D eigenvalue weighted by Crippen LogP contribution is -2.13. The molecule has 1 amide bonds. The van der Waals surface area contributed by atoms with Gasteiger partial charge in [0.1, 0.15) is 5.75 Å². The van der Waals surface area contributed by atoms with Gasteiger partial charge in [0.2, 0.25) is 5.91 Å². The van der Waals surface area contributed by atoms with E-state index >= 15 is 0 Å². The summed E-state index contributed by atoms with van der Waals surface area (Å²) in [5.74, 6) is 1.56. The Labute approximate surface area is 158 Å². The second-order valence-corrected chi connectivity index (χ2v) is 7.37. The van der Waals surface area contributed by atoms with Gasteiger partial charge in [-0.15, -0.1) is 0 Å². The van der Waals surface area contributed by atoms with Crippen LogP contribution >= 0.6 is 34.9 Å². The van der Waals surface area contributed by atoms with Gasteiger partial charge >= 0.3 is 0 Å². The van der Waals surface area contributed by atoms with Gasteiger partial charge in [0, 0.05) is 16.3 Å². The number of benzene rings is 2. The number of hydrogen-bond acceptors (Lipinski definition) is 6. The average Bonchev–Trinajstić information content (AvgIpc) is 3.09. The molecule has 1 aromatic heterocycles. The highest BCUT2D eigenvalue weighted by Crippen LogP contribution is 2.26. The summed E-state index contributed by atoms with van der Waals surface area (Å²) in [4.78, 5) is 16.5. The molecule has 0 spiro atoms. The molecule has 0 saturated heterocycles. The fourth-order valence-corrected chi connectivity index (χ4v) is 3.62. The average molecular weight is 392 g/mol. The molecule has 128 valence electrons. The number of hydrogen-bond donors (Lipinski definition) is 1. The molecule has 0 aliphatic rings. The van der Waals surface area contributed by atoms with E-state index in [1.165, 1.54) is 23.3 Å². The molecule has 0 fully saturated rings. The van der Waals surface area contributed by atoms with Crippen molar-refractivity contribution in [1.82, 2.24) is 9.36 Å². The first-order valence-corrected chi connectivity index (χ1v) is 9.44. The summed E-state index contributed by atoms with van der Waals surface area (Å²) in [6.07, 6.45) is 0. The predicted octanol–water partition coefficient (Wildman–Crippen LogP) is 4.60. The molecule has 1 heterocycles. The van der Waals surface area contributed by atoms with Crippen LogP contribution in [0, 0.1) is 0 Å². The number of amides is 1. The van der Waals surface area contributed by atoms with Crippen LogP contribution in [-0.2, 0) is 4.79 Å². The van der Waals surface area contributed by atoms with E-state index < -0.39 is 0 Å². The molecule has 3 aromatic rings. The zero-order valence-corrected chi connectivity index (χ0v) is 15.6. The lowest BCUT2D eigenvalue weighted by atomic mass is 10.2. The molecular formula is C17H14ClN3O2S2. The summed E-state index contributed by atoms with van der Waals surface area (Å²) < 4.78 is 10.2. The van der Waals surface area contributed by atoms with Gasteiger partial charge in [-0.1, -0.05) is 29.4 Å². The zero-order valence-electron chi connectivity index (χ0n) is 13.2. The summed E-state index contributed by atoms with van der Waals surface area (Å²) >= 11 is 8.53. The summed E-state index contributed by atoms with van der Waals surface area (Å²) in [5, 5.41) is 3.38. The number of nitrogens with zero attached hydrogens (tertiary/aromatic N) is 2. The Balaban J connectivity index is 1.56. The Morgan fingerprint density at radius 2 is 2.08 bits per heavy atom. The quantitative estimate of drug-likeness (QED) is 0.622. The van der Waals surface area contributed by atoms with E-state index in [2.05, 4.69) is 14.7 Å². The summed E-state index contributed by atoms with van der Waals surface area (Å²) in [5.41, 5.74) is 1.58.